The topological polar surface area (TPSA) is 237 Å². The van der Waals surface area contributed by atoms with E-state index in [9.17, 15) is 43.2 Å². The predicted octanol–water partition coefficient (Wildman–Crippen LogP) is 25.3. The predicted molar refractivity (Wildman–Crippen MR) is 423 cm³/mol. The minimum atomic E-state index is -4.96. The first-order valence-electron chi connectivity index (χ1n) is 43.4. The summed E-state index contributed by atoms with van der Waals surface area (Å²) in [5.41, 5.74) is 0. The summed E-state index contributed by atoms with van der Waals surface area (Å²) < 4.78 is 68.8. The first kappa shape index (κ1) is 101. The number of unbranched alkanes of at least 4 members (excludes halogenated alkanes) is 49. The van der Waals surface area contributed by atoms with Crippen molar-refractivity contribution in [3.8, 4) is 0 Å². The molecule has 19 heteroatoms. The minimum Gasteiger partial charge on any atom is -0.462 e. The van der Waals surface area contributed by atoms with Crippen LogP contribution >= 0.6 is 15.6 Å². The maximum atomic E-state index is 13.1. The lowest BCUT2D eigenvalue weighted by Gasteiger charge is -2.21. The van der Waals surface area contributed by atoms with Gasteiger partial charge in [0, 0.05) is 25.7 Å². The molecule has 0 aliphatic heterocycles. The van der Waals surface area contributed by atoms with Crippen molar-refractivity contribution in [3.63, 3.8) is 0 Å². The zero-order valence-electron chi connectivity index (χ0n) is 67.8. The van der Waals surface area contributed by atoms with Crippen LogP contribution in [0, 0.1) is 17.8 Å². The van der Waals surface area contributed by atoms with Gasteiger partial charge >= 0.3 is 39.5 Å². The van der Waals surface area contributed by atoms with Gasteiger partial charge in [0.1, 0.15) is 19.3 Å². The highest BCUT2D eigenvalue weighted by Gasteiger charge is 2.30. The monoisotopic (exact) mass is 1510 g/mol. The molecule has 17 nitrogen and oxygen atoms in total. The molecule has 0 aromatic carbocycles. The fourth-order valence-electron chi connectivity index (χ4n) is 13.0. The lowest BCUT2D eigenvalue weighted by molar-refractivity contribution is -0.161. The minimum absolute atomic E-state index is 0.107. The molecule has 0 aromatic heterocycles. The van der Waals surface area contributed by atoms with Gasteiger partial charge in [0.2, 0.25) is 0 Å². The molecule has 3 N–H and O–H groups in total. The molecular formula is C84H164O17P2. The number of phosphoric acid groups is 2. The quantitative estimate of drug-likeness (QED) is 0.0222. The van der Waals surface area contributed by atoms with Crippen LogP contribution in [0.4, 0.5) is 0 Å². The van der Waals surface area contributed by atoms with Gasteiger partial charge in [-0.1, -0.05) is 389 Å². The van der Waals surface area contributed by atoms with Crippen molar-refractivity contribution >= 4 is 39.5 Å². The smallest absolute Gasteiger partial charge is 0.462 e. The zero-order chi connectivity index (χ0) is 75.8. The fourth-order valence-corrected chi connectivity index (χ4v) is 14.6. The largest absolute Gasteiger partial charge is 0.472 e. The molecule has 0 saturated carbocycles. The van der Waals surface area contributed by atoms with Gasteiger partial charge < -0.3 is 33.8 Å². The van der Waals surface area contributed by atoms with E-state index in [0.717, 1.165) is 108 Å². The summed E-state index contributed by atoms with van der Waals surface area (Å²) in [5, 5.41) is 10.7. The highest BCUT2D eigenvalue weighted by Crippen LogP contribution is 2.45. The molecule has 0 aromatic rings. The third kappa shape index (κ3) is 76.6. The molecule has 0 aliphatic carbocycles. The van der Waals surface area contributed by atoms with Crippen LogP contribution in [-0.4, -0.2) is 96.7 Å². The molecule has 103 heavy (non-hydrogen) atoms. The second kappa shape index (κ2) is 74.2. The van der Waals surface area contributed by atoms with Crippen molar-refractivity contribution < 1.29 is 80.2 Å². The maximum Gasteiger partial charge on any atom is 0.472 e. The van der Waals surface area contributed by atoms with E-state index in [0.29, 0.717) is 25.7 Å². The third-order valence-corrected chi connectivity index (χ3v) is 21.9. The van der Waals surface area contributed by atoms with E-state index in [1.165, 1.54) is 250 Å². The van der Waals surface area contributed by atoms with Crippen LogP contribution in [0.25, 0.3) is 0 Å². The molecule has 612 valence electrons. The SMILES string of the molecule is CCCCCCCCCCCCCC(=O)OC[C@H](COP(=O)(O)OC[C@H](O)COP(=O)(O)OC[C@@H](COC(=O)CCCCCCCCCCCCCCC(C)C)OC(=O)CCCCCCCCCCCCCCCCCCCCC(C)CC)OC(=O)CCCCCCCCCCCCCCC(C)C. The first-order valence-corrected chi connectivity index (χ1v) is 46.4. The Morgan fingerprint density at radius 2 is 0.495 bits per heavy atom. The molecule has 0 spiro atoms. The lowest BCUT2D eigenvalue weighted by Crippen LogP contribution is -2.30. The molecule has 0 amide bonds. The number of carbonyl (C=O) groups excluding carboxylic acids is 4. The van der Waals surface area contributed by atoms with Crippen molar-refractivity contribution in [2.24, 2.45) is 17.8 Å². The summed E-state index contributed by atoms with van der Waals surface area (Å²) in [4.78, 5) is 73.1. The van der Waals surface area contributed by atoms with Crippen LogP contribution in [0.1, 0.15) is 440 Å². The number of aliphatic hydroxyl groups is 1. The fraction of sp³-hybridized carbons (Fsp3) is 0.952. The summed E-state index contributed by atoms with van der Waals surface area (Å²) >= 11 is 0. The Labute approximate surface area is 632 Å². The third-order valence-electron chi connectivity index (χ3n) is 20.0. The summed E-state index contributed by atoms with van der Waals surface area (Å²) in [6.45, 7) is 12.0. The van der Waals surface area contributed by atoms with Crippen LogP contribution in [0.15, 0.2) is 0 Å². The van der Waals surface area contributed by atoms with E-state index >= 15 is 0 Å². The van der Waals surface area contributed by atoms with Crippen LogP contribution < -0.4 is 0 Å². The Morgan fingerprint density at radius 1 is 0.282 bits per heavy atom. The Balaban J connectivity index is 5.23. The summed E-state index contributed by atoms with van der Waals surface area (Å²) in [6.07, 6.45) is 63.7. The molecule has 3 unspecified atom stereocenters. The van der Waals surface area contributed by atoms with Gasteiger partial charge in [-0.05, 0) is 43.4 Å². The number of rotatable bonds is 82. The average Bonchev–Trinajstić information content (AvgIpc) is 1.12. The molecule has 6 atom stereocenters. The highest BCUT2D eigenvalue weighted by molar-refractivity contribution is 7.47. The van der Waals surface area contributed by atoms with Gasteiger partial charge in [-0.25, -0.2) is 9.13 Å². The zero-order valence-corrected chi connectivity index (χ0v) is 69.6. The summed E-state index contributed by atoms with van der Waals surface area (Å²) in [6, 6.07) is 0. The van der Waals surface area contributed by atoms with Crippen molar-refractivity contribution in [2.75, 3.05) is 39.6 Å². The average molecular weight is 1510 g/mol. The number of esters is 4. The number of hydrogen-bond acceptors (Lipinski definition) is 15. The molecule has 0 rings (SSSR count). The maximum absolute atomic E-state index is 13.1. The number of ether oxygens (including phenoxy) is 4. The van der Waals surface area contributed by atoms with Gasteiger partial charge in [-0.15, -0.1) is 0 Å². The van der Waals surface area contributed by atoms with E-state index in [1.54, 1.807) is 0 Å². The molecule has 0 aliphatic rings. The van der Waals surface area contributed by atoms with Crippen LogP contribution in [0.3, 0.4) is 0 Å². The Morgan fingerprint density at radius 3 is 0.738 bits per heavy atom. The van der Waals surface area contributed by atoms with E-state index in [2.05, 4.69) is 48.5 Å². The number of aliphatic hydroxyl groups excluding tert-OH is 1. The summed E-state index contributed by atoms with van der Waals surface area (Å²) in [7, 11) is -9.92. The van der Waals surface area contributed by atoms with Crippen molar-refractivity contribution in [3.05, 3.63) is 0 Å². The Bertz CT molecular complexity index is 1990. The molecular weight excluding hydrogens is 1340 g/mol. The van der Waals surface area contributed by atoms with Gasteiger partial charge in [-0.2, -0.15) is 0 Å². The Hall–Kier alpha value is -1.94. The van der Waals surface area contributed by atoms with Crippen molar-refractivity contribution in [2.45, 2.75) is 458 Å². The van der Waals surface area contributed by atoms with Crippen molar-refractivity contribution in [1.82, 2.24) is 0 Å². The van der Waals surface area contributed by atoms with E-state index in [-0.39, 0.29) is 25.7 Å². The van der Waals surface area contributed by atoms with E-state index < -0.39 is 97.5 Å². The number of carbonyl (C=O) groups is 4. The number of hydrogen-bond donors (Lipinski definition) is 3. The van der Waals surface area contributed by atoms with Gasteiger partial charge in [0.05, 0.1) is 26.4 Å². The van der Waals surface area contributed by atoms with Crippen LogP contribution in [0.5, 0.6) is 0 Å². The summed E-state index contributed by atoms with van der Waals surface area (Å²) in [5.74, 6) is 0.323. The molecule has 0 bridgehead atoms. The molecule has 0 radical (unpaired) electrons. The highest BCUT2D eigenvalue weighted by atomic mass is 31.2. The van der Waals surface area contributed by atoms with Gasteiger partial charge in [0.25, 0.3) is 0 Å². The molecule has 0 heterocycles. The second-order valence-electron chi connectivity index (χ2n) is 31.4. The van der Waals surface area contributed by atoms with E-state index in [4.69, 9.17) is 37.0 Å². The molecule has 0 saturated heterocycles. The van der Waals surface area contributed by atoms with Gasteiger partial charge in [0.15, 0.2) is 12.2 Å². The van der Waals surface area contributed by atoms with Crippen molar-refractivity contribution in [1.29, 1.82) is 0 Å². The second-order valence-corrected chi connectivity index (χ2v) is 34.3. The normalized spacial score (nSPS) is 14.2. The lowest BCUT2D eigenvalue weighted by atomic mass is 9.99. The number of phosphoric ester groups is 2. The standard InChI is InChI=1S/C84H164O17P2/c1-8-10-11-12-13-14-27-37-44-51-58-65-81(86)94-71-79(101-84(89)68-61-54-47-40-33-26-24-29-35-42-49-56-63-76(5)6)73-98-102(90,91)96-69-78(85)70-97-103(92,93)99-74-80(72-95-82(87)66-59-52-45-38-31-25-23-28-34-41-48-55-62-75(3)4)100-83(88)67-60-53-46-39-32-22-20-18-16-15-17-19-21-30-36-43-50-57-64-77(7)9-2/h75-80,85H,8-74H2,1-7H3,(H,90,91)(H,92,93)/t77?,78-,79+,80+/m0/s1. The van der Waals surface area contributed by atoms with Crippen LogP contribution in [-0.2, 0) is 65.4 Å². The Kier molecular flexibility index (Phi) is 72.8. The van der Waals surface area contributed by atoms with Gasteiger partial charge in [-0.3, -0.25) is 37.3 Å². The first-order chi connectivity index (χ1) is 49.8. The van der Waals surface area contributed by atoms with Crippen LogP contribution in [0.2, 0.25) is 0 Å². The molecule has 0 fully saturated rings. The van der Waals surface area contributed by atoms with E-state index in [1.807, 2.05) is 0 Å².